The standard InChI is InChI=1S/C22H25BrN4O3S/c1-14-6-9-18(10-7-14)27(31(29,30)22-16(3)25-26(5)17(22)4)13-21(28)24-20-11-8-15(2)12-19(20)23/h6-12H,13H2,1-5H3,(H,24,28). The second-order valence-electron chi connectivity index (χ2n) is 7.50. The summed E-state index contributed by atoms with van der Waals surface area (Å²) in [6.45, 7) is 6.83. The van der Waals surface area contributed by atoms with Gasteiger partial charge >= 0.3 is 0 Å². The maximum Gasteiger partial charge on any atom is 0.268 e. The summed E-state index contributed by atoms with van der Waals surface area (Å²) in [4.78, 5) is 13.0. The van der Waals surface area contributed by atoms with E-state index < -0.39 is 15.9 Å². The lowest BCUT2D eigenvalue weighted by Crippen LogP contribution is -2.38. The third-order valence-electron chi connectivity index (χ3n) is 5.00. The number of benzene rings is 2. The molecule has 0 aliphatic carbocycles. The number of hydrogen-bond donors (Lipinski definition) is 1. The van der Waals surface area contributed by atoms with Crippen LogP contribution in [0.3, 0.4) is 0 Å². The molecule has 2 aromatic carbocycles. The maximum absolute atomic E-state index is 13.7. The van der Waals surface area contributed by atoms with E-state index >= 15 is 0 Å². The molecule has 0 radical (unpaired) electrons. The van der Waals surface area contributed by atoms with Crippen molar-refractivity contribution in [3.8, 4) is 0 Å². The van der Waals surface area contributed by atoms with Gasteiger partial charge in [0.1, 0.15) is 11.4 Å². The maximum atomic E-state index is 13.7. The van der Waals surface area contributed by atoms with Crippen molar-refractivity contribution in [2.45, 2.75) is 32.6 Å². The first kappa shape index (κ1) is 23.0. The van der Waals surface area contributed by atoms with E-state index in [0.29, 0.717) is 22.8 Å². The minimum atomic E-state index is -4.03. The van der Waals surface area contributed by atoms with Crippen molar-refractivity contribution in [2.75, 3.05) is 16.2 Å². The molecular weight excluding hydrogens is 480 g/mol. The summed E-state index contributed by atoms with van der Waals surface area (Å²) >= 11 is 3.44. The molecule has 1 N–H and O–H groups in total. The Kier molecular flexibility index (Phi) is 6.56. The summed E-state index contributed by atoms with van der Waals surface area (Å²) < 4.78 is 30.7. The summed E-state index contributed by atoms with van der Waals surface area (Å²) in [5.41, 5.74) is 3.91. The van der Waals surface area contributed by atoms with Crippen LogP contribution in [0.25, 0.3) is 0 Å². The van der Waals surface area contributed by atoms with Crippen LogP contribution < -0.4 is 9.62 Å². The van der Waals surface area contributed by atoms with Crippen molar-refractivity contribution in [3.05, 3.63) is 69.5 Å². The van der Waals surface area contributed by atoms with Gasteiger partial charge in [-0.3, -0.25) is 13.8 Å². The molecule has 0 saturated carbocycles. The molecular formula is C22H25BrN4O3S. The molecule has 9 heteroatoms. The monoisotopic (exact) mass is 504 g/mol. The highest BCUT2D eigenvalue weighted by atomic mass is 79.9. The zero-order chi connectivity index (χ0) is 22.9. The average Bonchev–Trinajstić information content (AvgIpc) is 2.95. The summed E-state index contributed by atoms with van der Waals surface area (Å²) in [5.74, 6) is -0.451. The van der Waals surface area contributed by atoms with Crippen molar-refractivity contribution in [3.63, 3.8) is 0 Å². The Bertz CT molecular complexity index is 1230. The number of aryl methyl sites for hydroxylation is 4. The quantitative estimate of drug-likeness (QED) is 0.543. The Labute approximate surface area is 191 Å². The van der Waals surface area contributed by atoms with E-state index in [1.54, 1.807) is 39.1 Å². The molecule has 0 bridgehead atoms. The van der Waals surface area contributed by atoms with E-state index in [-0.39, 0.29) is 11.4 Å². The number of amides is 1. The molecule has 164 valence electrons. The third-order valence-corrected chi connectivity index (χ3v) is 7.68. The Morgan fingerprint density at radius 3 is 2.23 bits per heavy atom. The fraction of sp³-hybridized carbons (Fsp3) is 0.273. The van der Waals surface area contributed by atoms with Crippen molar-refractivity contribution in [1.82, 2.24) is 9.78 Å². The molecule has 3 rings (SSSR count). The molecule has 1 aromatic heterocycles. The summed E-state index contributed by atoms with van der Waals surface area (Å²) in [5, 5.41) is 7.03. The average molecular weight is 505 g/mol. The predicted octanol–water partition coefficient (Wildman–Crippen LogP) is 4.25. The summed E-state index contributed by atoms with van der Waals surface area (Å²) in [6, 6.07) is 12.6. The fourth-order valence-electron chi connectivity index (χ4n) is 3.31. The molecule has 0 aliphatic rings. The molecule has 1 heterocycles. The molecule has 0 spiro atoms. The van der Waals surface area contributed by atoms with Gasteiger partial charge < -0.3 is 5.32 Å². The van der Waals surface area contributed by atoms with Gasteiger partial charge in [0.2, 0.25) is 5.91 Å². The Morgan fingerprint density at radius 1 is 1.06 bits per heavy atom. The molecule has 0 atom stereocenters. The zero-order valence-electron chi connectivity index (χ0n) is 18.1. The number of halogens is 1. The van der Waals surface area contributed by atoms with Gasteiger partial charge in [0.25, 0.3) is 10.0 Å². The Balaban J connectivity index is 2.01. The van der Waals surface area contributed by atoms with Gasteiger partial charge in [-0.25, -0.2) is 8.42 Å². The fourth-order valence-corrected chi connectivity index (χ4v) is 5.72. The largest absolute Gasteiger partial charge is 0.323 e. The lowest BCUT2D eigenvalue weighted by molar-refractivity contribution is -0.114. The second-order valence-corrected chi connectivity index (χ2v) is 10.2. The molecule has 0 saturated heterocycles. The molecule has 0 aliphatic heterocycles. The van der Waals surface area contributed by atoms with Crippen LogP contribution in [0.1, 0.15) is 22.5 Å². The molecule has 1 amide bonds. The number of aromatic nitrogens is 2. The SMILES string of the molecule is Cc1ccc(N(CC(=O)Nc2ccc(C)cc2Br)S(=O)(=O)c2c(C)nn(C)c2C)cc1. The van der Waals surface area contributed by atoms with E-state index in [9.17, 15) is 13.2 Å². The van der Waals surface area contributed by atoms with Gasteiger partial charge in [-0.2, -0.15) is 5.10 Å². The van der Waals surface area contributed by atoms with E-state index in [2.05, 4.69) is 26.3 Å². The first-order valence-electron chi connectivity index (χ1n) is 9.66. The smallest absolute Gasteiger partial charge is 0.268 e. The number of sulfonamides is 1. The Morgan fingerprint density at radius 2 is 1.68 bits per heavy atom. The van der Waals surface area contributed by atoms with Crippen molar-refractivity contribution in [1.29, 1.82) is 0 Å². The van der Waals surface area contributed by atoms with Crippen LogP contribution in [0.5, 0.6) is 0 Å². The number of rotatable bonds is 6. The number of hydrogen-bond acceptors (Lipinski definition) is 4. The van der Waals surface area contributed by atoms with Gasteiger partial charge in [-0.1, -0.05) is 23.8 Å². The van der Waals surface area contributed by atoms with Crippen LogP contribution >= 0.6 is 15.9 Å². The Hall–Kier alpha value is -2.65. The number of carbonyl (C=O) groups is 1. The van der Waals surface area contributed by atoms with E-state index in [4.69, 9.17) is 0 Å². The molecule has 0 fully saturated rings. The molecule has 0 unspecified atom stereocenters. The van der Waals surface area contributed by atoms with Gasteiger partial charge in [0.15, 0.2) is 0 Å². The van der Waals surface area contributed by atoms with E-state index in [1.165, 1.54) is 4.68 Å². The van der Waals surface area contributed by atoms with Crippen molar-refractivity contribution in [2.24, 2.45) is 7.05 Å². The number of carbonyl (C=O) groups excluding carboxylic acids is 1. The van der Waals surface area contributed by atoms with Crippen LogP contribution in [0.2, 0.25) is 0 Å². The van der Waals surface area contributed by atoms with E-state index in [0.717, 1.165) is 19.9 Å². The van der Waals surface area contributed by atoms with Gasteiger partial charge in [0.05, 0.1) is 22.8 Å². The lowest BCUT2D eigenvalue weighted by atomic mass is 10.2. The second kappa shape index (κ2) is 8.84. The number of anilines is 2. The highest BCUT2D eigenvalue weighted by Crippen LogP contribution is 2.29. The summed E-state index contributed by atoms with van der Waals surface area (Å²) in [7, 11) is -2.34. The molecule has 31 heavy (non-hydrogen) atoms. The molecule has 7 nitrogen and oxygen atoms in total. The normalized spacial score (nSPS) is 11.4. The number of nitrogens with zero attached hydrogens (tertiary/aromatic N) is 3. The number of nitrogens with one attached hydrogen (secondary N) is 1. The first-order chi connectivity index (χ1) is 14.5. The minimum absolute atomic E-state index is 0.111. The third kappa shape index (κ3) is 4.83. The van der Waals surface area contributed by atoms with Crippen LogP contribution in [0.4, 0.5) is 11.4 Å². The topological polar surface area (TPSA) is 84.3 Å². The van der Waals surface area contributed by atoms with Gasteiger partial charge in [-0.05, 0) is 73.5 Å². The minimum Gasteiger partial charge on any atom is -0.323 e. The lowest BCUT2D eigenvalue weighted by Gasteiger charge is -2.24. The zero-order valence-corrected chi connectivity index (χ0v) is 20.5. The highest BCUT2D eigenvalue weighted by Gasteiger charge is 2.32. The summed E-state index contributed by atoms with van der Waals surface area (Å²) in [6.07, 6.45) is 0. The molecule has 3 aromatic rings. The highest BCUT2D eigenvalue weighted by molar-refractivity contribution is 9.10. The van der Waals surface area contributed by atoms with E-state index in [1.807, 2.05) is 38.1 Å². The van der Waals surface area contributed by atoms with Crippen molar-refractivity contribution < 1.29 is 13.2 Å². The van der Waals surface area contributed by atoms with Crippen LogP contribution in [-0.4, -0.2) is 30.7 Å². The van der Waals surface area contributed by atoms with Crippen molar-refractivity contribution >= 4 is 43.2 Å². The van der Waals surface area contributed by atoms with Gasteiger partial charge in [-0.15, -0.1) is 0 Å². The van der Waals surface area contributed by atoms with Crippen LogP contribution in [-0.2, 0) is 21.9 Å². The first-order valence-corrected chi connectivity index (χ1v) is 11.9. The predicted molar refractivity (Wildman–Crippen MR) is 126 cm³/mol. The van der Waals surface area contributed by atoms with Gasteiger partial charge in [0, 0.05) is 11.5 Å². The van der Waals surface area contributed by atoms with Crippen LogP contribution in [0, 0.1) is 27.7 Å². The van der Waals surface area contributed by atoms with Crippen LogP contribution in [0.15, 0.2) is 51.8 Å².